The molecule has 150 valence electrons. The van der Waals surface area contributed by atoms with E-state index in [-0.39, 0.29) is 5.12 Å². The fourth-order valence-corrected chi connectivity index (χ4v) is 3.90. The number of pyridine rings is 2. The van der Waals surface area contributed by atoms with Gasteiger partial charge in [-0.3, -0.25) is 19.8 Å². The van der Waals surface area contributed by atoms with Crippen LogP contribution in [0.15, 0.2) is 83.1 Å². The fraction of sp³-hybridized carbons (Fsp3) is 0.0833. The first kappa shape index (κ1) is 21.4. The number of carbonyl (C=O) groups is 1. The van der Waals surface area contributed by atoms with Crippen LogP contribution in [0.2, 0.25) is 0 Å². The van der Waals surface area contributed by atoms with Crippen LogP contribution in [0.5, 0.6) is 0 Å². The highest BCUT2D eigenvalue weighted by Gasteiger charge is 2.10. The van der Waals surface area contributed by atoms with Crippen LogP contribution in [0.25, 0.3) is 33.2 Å². The zero-order chi connectivity index (χ0) is 21.5. The molecule has 0 aliphatic heterocycles. The summed E-state index contributed by atoms with van der Waals surface area (Å²) in [6, 6.07) is 18.1. The van der Waals surface area contributed by atoms with Crippen molar-refractivity contribution in [3.8, 4) is 22.3 Å². The van der Waals surface area contributed by atoms with E-state index in [1.54, 1.807) is 19.3 Å². The first-order chi connectivity index (χ1) is 14.7. The Morgan fingerprint density at radius 3 is 2.33 bits per heavy atom. The molecule has 6 heteroatoms. The maximum atomic E-state index is 11.6. The molecule has 0 saturated carbocycles. The molecule has 0 radical (unpaired) electrons. The highest BCUT2D eigenvalue weighted by molar-refractivity contribution is 8.13. The molecule has 0 unspecified atom stereocenters. The Kier molecular flexibility index (Phi) is 7.06. The van der Waals surface area contributed by atoms with Crippen molar-refractivity contribution in [2.75, 3.05) is 7.05 Å². The van der Waals surface area contributed by atoms with E-state index in [0.717, 1.165) is 38.1 Å². The molecule has 0 atom stereocenters. The number of hydrogen-bond donors (Lipinski definition) is 1. The topological polar surface area (TPSA) is 81.2 Å². The number of aliphatic imine (C=N–C) groups is 1. The second-order valence-corrected chi connectivity index (χ2v) is 7.48. The largest absolute Gasteiger partial charge is 0.333 e. The number of aromatic nitrogens is 2. The van der Waals surface area contributed by atoms with Crippen molar-refractivity contribution >= 4 is 40.2 Å². The molecule has 2 aromatic heterocycles. The zero-order valence-electron chi connectivity index (χ0n) is 16.9. The summed E-state index contributed by atoms with van der Waals surface area (Å²) in [5, 5.41) is 1.09. The van der Waals surface area contributed by atoms with Crippen molar-refractivity contribution in [3.05, 3.63) is 73.2 Å². The maximum Gasteiger partial charge on any atom is 0.190 e. The van der Waals surface area contributed by atoms with Crippen LogP contribution in [0.4, 0.5) is 5.69 Å². The Balaban J connectivity index is 0.00000124. The third-order valence-corrected chi connectivity index (χ3v) is 5.28. The van der Waals surface area contributed by atoms with Crippen LogP contribution in [-0.4, -0.2) is 28.8 Å². The quantitative estimate of drug-likeness (QED) is 0.352. The molecule has 2 heterocycles. The molecule has 30 heavy (non-hydrogen) atoms. The second-order valence-electron chi connectivity index (χ2n) is 6.26. The summed E-state index contributed by atoms with van der Waals surface area (Å²) in [7, 11) is 1.50. The number of nitrogens with zero attached hydrogens (tertiary/aromatic N) is 3. The molecule has 4 rings (SSSR count). The molecule has 0 saturated heterocycles. The minimum Gasteiger partial charge on any atom is -0.333 e. The van der Waals surface area contributed by atoms with E-state index >= 15 is 0 Å². The Hall–Kier alpha value is -3.35. The maximum absolute atomic E-state index is 11.6. The lowest BCUT2D eigenvalue weighted by molar-refractivity contribution is -0.109. The molecular weight excluding hydrogens is 392 g/mol. The van der Waals surface area contributed by atoms with E-state index in [2.05, 4.69) is 33.5 Å². The average Bonchev–Trinajstić information content (AvgIpc) is 2.80. The van der Waals surface area contributed by atoms with Crippen LogP contribution in [0.3, 0.4) is 0 Å². The first-order valence-electron chi connectivity index (χ1n) is 9.32. The van der Waals surface area contributed by atoms with Crippen molar-refractivity contribution in [2.24, 2.45) is 10.7 Å². The van der Waals surface area contributed by atoms with Gasteiger partial charge in [0, 0.05) is 35.8 Å². The Labute approximate surface area is 180 Å². The summed E-state index contributed by atoms with van der Waals surface area (Å²) in [5.74, 6) is 0. The normalized spacial score (nSPS) is 10.2. The van der Waals surface area contributed by atoms with Crippen molar-refractivity contribution < 1.29 is 4.79 Å². The number of hydrogen-bond acceptors (Lipinski definition) is 6. The summed E-state index contributed by atoms with van der Waals surface area (Å²) in [5.41, 5.74) is 10.4. The fourth-order valence-electron chi connectivity index (χ4n) is 3.17. The van der Waals surface area contributed by atoms with Gasteiger partial charge in [-0.15, -0.1) is 0 Å². The van der Waals surface area contributed by atoms with E-state index in [4.69, 9.17) is 0 Å². The number of carbonyl (C=O) groups excluding carboxylic acids is 1. The Bertz CT molecular complexity index is 1190. The summed E-state index contributed by atoms with van der Waals surface area (Å²) < 4.78 is 0. The van der Waals surface area contributed by atoms with Crippen molar-refractivity contribution in [2.45, 2.75) is 11.8 Å². The van der Waals surface area contributed by atoms with Gasteiger partial charge in [-0.2, -0.15) is 0 Å². The predicted octanol–water partition coefficient (Wildman–Crippen LogP) is 5.51. The number of nitrogens with two attached hydrogens (primary N) is 1. The summed E-state index contributed by atoms with van der Waals surface area (Å²) in [6.07, 6.45) is 5.40. The monoisotopic (exact) mass is 414 g/mol. The third-order valence-electron chi connectivity index (χ3n) is 4.45. The lowest BCUT2D eigenvalue weighted by Gasteiger charge is -2.10. The molecule has 2 aromatic carbocycles. The van der Waals surface area contributed by atoms with Gasteiger partial charge in [0.25, 0.3) is 0 Å². The summed E-state index contributed by atoms with van der Waals surface area (Å²) in [4.78, 5) is 25.0. The standard InChI is InChI=1S/C23H17N3OS.CH5N/c1-15(27)28-23-14-18(4-6-22(23)24-2)17-3-5-21-20(13-17)19(9-12-26-21)16-7-10-25-11-8-16;1-2/h3-14H,2H2,1H3;2H2,1H3. The van der Waals surface area contributed by atoms with Gasteiger partial charge in [0.2, 0.25) is 0 Å². The molecule has 0 aliphatic carbocycles. The van der Waals surface area contributed by atoms with Gasteiger partial charge in [0.1, 0.15) is 0 Å². The van der Waals surface area contributed by atoms with Crippen LogP contribution in [0, 0.1) is 0 Å². The SMILES string of the molecule is C=Nc1ccc(-c2ccc3nccc(-c4ccncc4)c3c2)cc1SC(C)=O.CN. The van der Waals surface area contributed by atoms with Crippen molar-refractivity contribution in [1.82, 2.24) is 9.97 Å². The number of benzene rings is 2. The first-order valence-corrected chi connectivity index (χ1v) is 10.1. The molecule has 2 N–H and O–H groups in total. The minimum atomic E-state index is 0.0183. The van der Waals surface area contributed by atoms with E-state index in [1.807, 2.05) is 54.7 Å². The van der Waals surface area contributed by atoms with Gasteiger partial charge < -0.3 is 5.73 Å². The highest BCUT2D eigenvalue weighted by atomic mass is 32.2. The number of thioether (sulfide) groups is 1. The van der Waals surface area contributed by atoms with Crippen LogP contribution in [0.1, 0.15) is 6.92 Å². The molecule has 0 spiro atoms. The zero-order valence-corrected chi connectivity index (χ0v) is 17.7. The highest BCUT2D eigenvalue weighted by Crippen LogP contribution is 2.36. The van der Waals surface area contributed by atoms with Gasteiger partial charge in [-0.25, -0.2) is 0 Å². The van der Waals surface area contributed by atoms with Gasteiger partial charge in [-0.1, -0.05) is 12.1 Å². The molecule has 5 nitrogen and oxygen atoms in total. The van der Waals surface area contributed by atoms with E-state index in [0.29, 0.717) is 5.69 Å². The summed E-state index contributed by atoms with van der Waals surface area (Å²) in [6.45, 7) is 5.15. The van der Waals surface area contributed by atoms with Crippen molar-refractivity contribution in [1.29, 1.82) is 0 Å². The van der Waals surface area contributed by atoms with Crippen molar-refractivity contribution in [3.63, 3.8) is 0 Å². The predicted molar refractivity (Wildman–Crippen MR) is 126 cm³/mol. The van der Waals surface area contributed by atoms with Gasteiger partial charge in [-0.05, 0) is 90.2 Å². The third kappa shape index (κ3) is 4.62. The van der Waals surface area contributed by atoms with E-state index < -0.39 is 0 Å². The number of fused-ring (bicyclic) bond motifs is 1. The Morgan fingerprint density at radius 2 is 1.63 bits per heavy atom. The minimum absolute atomic E-state index is 0.0183. The lowest BCUT2D eigenvalue weighted by Crippen LogP contribution is -1.88. The smallest absolute Gasteiger partial charge is 0.190 e. The molecule has 4 aromatic rings. The van der Waals surface area contributed by atoms with Gasteiger partial charge in [0.05, 0.1) is 11.2 Å². The summed E-state index contributed by atoms with van der Waals surface area (Å²) >= 11 is 1.17. The number of rotatable bonds is 4. The molecule has 0 bridgehead atoms. The van der Waals surface area contributed by atoms with E-state index in [1.165, 1.54) is 18.8 Å². The molecule has 0 aliphatic rings. The second kappa shape index (κ2) is 9.91. The molecular formula is C24H22N4OS. The van der Waals surface area contributed by atoms with Crippen LogP contribution >= 0.6 is 11.8 Å². The van der Waals surface area contributed by atoms with Gasteiger partial charge >= 0.3 is 0 Å². The van der Waals surface area contributed by atoms with Crippen LogP contribution < -0.4 is 5.73 Å². The van der Waals surface area contributed by atoms with Gasteiger partial charge in [0.15, 0.2) is 5.12 Å². The lowest BCUT2D eigenvalue weighted by atomic mass is 9.98. The Morgan fingerprint density at radius 1 is 0.933 bits per heavy atom. The average molecular weight is 415 g/mol. The van der Waals surface area contributed by atoms with Crippen LogP contribution in [-0.2, 0) is 4.79 Å². The molecule has 0 fully saturated rings. The molecule has 0 amide bonds. The van der Waals surface area contributed by atoms with E-state index in [9.17, 15) is 4.79 Å².